The summed E-state index contributed by atoms with van der Waals surface area (Å²) in [6.45, 7) is 2.00. The van der Waals surface area contributed by atoms with Gasteiger partial charge in [0.25, 0.3) is 0 Å². The zero-order chi connectivity index (χ0) is 5.98. The molecule has 0 fully saturated rings. The largest absolute Gasteiger partial charge is 0.282 e. The van der Waals surface area contributed by atoms with Crippen LogP contribution in [0.1, 0.15) is 13.3 Å². The minimum Gasteiger partial charge on any atom is -0.282 e. The highest BCUT2D eigenvalue weighted by atomic mass is 32.2. The Morgan fingerprint density at radius 2 is 2.50 bits per heavy atom. The van der Waals surface area contributed by atoms with Gasteiger partial charge in [0, 0.05) is 5.75 Å². The van der Waals surface area contributed by atoms with Crippen LogP contribution in [0.25, 0.3) is 0 Å². The van der Waals surface area contributed by atoms with E-state index in [0.717, 1.165) is 12.2 Å². The van der Waals surface area contributed by atoms with Gasteiger partial charge in [-0.3, -0.25) is 4.79 Å². The van der Waals surface area contributed by atoms with Crippen molar-refractivity contribution in [3.05, 3.63) is 11.6 Å². The van der Waals surface area contributed by atoms with Crippen molar-refractivity contribution in [3.8, 4) is 0 Å². The summed E-state index contributed by atoms with van der Waals surface area (Å²) >= 11 is 1.41. The first-order valence-electron chi connectivity index (χ1n) is 2.63. The van der Waals surface area contributed by atoms with Crippen LogP contribution < -0.4 is 0 Å². The van der Waals surface area contributed by atoms with Crippen molar-refractivity contribution >= 4 is 16.9 Å². The number of rotatable bonds is 0. The molecule has 1 nitrogen and oxygen atoms in total. The van der Waals surface area contributed by atoms with Crippen LogP contribution in [0, 0.1) is 0 Å². The minimum absolute atomic E-state index is 0.216. The van der Waals surface area contributed by atoms with Crippen LogP contribution >= 0.6 is 11.8 Å². The molecule has 1 aliphatic rings. The minimum atomic E-state index is 0.216. The van der Waals surface area contributed by atoms with Crippen molar-refractivity contribution in [2.24, 2.45) is 0 Å². The number of carbonyl (C=O) groups excluding carboxylic acids is 1. The number of thioether (sulfide) groups is 1. The summed E-state index contributed by atoms with van der Waals surface area (Å²) in [5, 5.41) is 0.216. The molecule has 0 radical (unpaired) electrons. The van der Waals surface area contributed by atoms with Crippen LogP contribution in [0.3, 0.4) is 0 Å². The molecule has 1 heterocycles. The highest BCUT2D eigenvalue weighted by molar-refractivity contribution is 8.14. The van der Waals surface area contributed by atoms with Gasteiger partial charge in [0.1, 0.15) is 0 Å². The van der Waals surface area contributed by atoms with Gasteiger partial charge in [0.15, 0.2) is 0 Å². The molecule has 1 rings (SSSR count). The molecule has 0 spiro atoms. The summed E-state index contributed by atoms with van der Waals surface area (Å²) in [6.07, 6.45) is 2.80. The summed E-state index contributed by atoms with van der Waals surface area (Å²) in [6, 6.07) is 0. The first kappa shape index (κ1) is 5.89. The van der Waals surface area contributed by atoms with Crippen molar-refractivity contribution in [2.45, 2.75) is 13.3 Å². The van der Waals surface area contributed by atoms with Gasteiger partial charge in [-0.25, -0.2) is 0 Å². The lowest BCUT2D eigenvalue weighted by molar-refractivity contribution is -0.107. The van der Waals surface area contributed by atoms with Crippen LogP contribution in [-0.4, -0.2) is 10.9 Å². The lowest BCUT2D eigenvalue weighted by atomic mass is 10.2. The Hall–Kier alpha value is -0.240. The van der Waals surface area contributed by atoms with E-state index in [2.05, 4.69) is 0 Å². The van der Waals surface area contributed by atoms with E-state index in [-0.39, 0.29) is 5.12 Å². The highest BCUT2D eigenvalue weighted by Gasteiger charge is 2.05. The molecular formula is C6H8OS. The Morgan fingerprint density at radius 1 is 1.75 bits per heavy atom. The molecule has 0 atom stereocenters. The maximum Gasteiger partial charge on any atom is 0.212 e. The second kappa shape index (κ2) is 2.35. The Balaban J connectivity index is 2.64. The van der Waals surface area contributed by atoms with E-state index in [1.54, 1.807) is 6.08 Å². The van der Waals surface area contributed by atoms with Crippen LogP contribution in [0.5, 0.6) is 0 Å². The molecule has 1 aliphatic heterocycles. The molecule has 0 aliphatic carbocycles. The SMILES string of the molecule is CC1=CC(=O)SCC1. The summed E-state index contributed by atoms with van der Waals surface area (Å²) < 4.78 is 0. The second-order valence-electron chi connectivity index (χ2n) is 1.91. The Bertz CT molecular complexity index is 137. The third kappa shape index (κ3) is 1.37. The fraction of sp³-hybridized carbons (Fsp3) is 0.500. The van der Waals surface area contributed by atoms with Crippen LogP contribution in [0.4, 0.5) is 0 Å². The summed E-state index contributed by atoms with van der Waals surface area (Å²) in [5.74, 6) is 0.973. The van der Waals surface area contributed by atoms with E-state index < -0.39 is 0 Å². The predicted octanol–water partition coefficient (Wildman–Crippen LogP) is 1.60. The molecular weight excluding hydrogens is 120 g/mol. The molecule has 0 N–H and O–H groups in total. The van der Waals surface area contributed by atoms with Crippen molar-refractivity contribution in [3.63, 3.8) is 0 Å². The normalized spacial score (nSPS) is 20.6. The quantitative estimate of drug-likeness (QED) is 0.493. The van der Waals surface area contributed by atoms with E-state index in [4.69, 9.17) is 0 Å². The van der Waals surface area contributed by atoms with Gasteiger partial charge in [0.05, 0.1) is 0 Å². The molecule has 44 valence electrons. The zero-order valence-electron chi connectivity index (χ0n) is 4.81. The van der Waals surface area contributed by atoms with Crippen molar-refractivity contribution < 1.29 is 4.79 Å². The van der Waals surface area contributed by atoms with Gasteiger partial charge < -0.3 is 0 Å². The third-order valence-corrected chi connectivity index (χ3v) is 1.92. The summed E-state index contributed by atoms with van der Waals surface area (Å²) in [7, 11) is 0. The molecule has 0 unspecified atom stereocenters. The molecule has 0 aromatic rings. The fourth-order valence-corrected chi connectivity index (χ4v) is 1.54. The molecule has 0 saturated carbocycles. The maximum atomic E-state index is 10.6. The smallest absolute Gasteiger partial charge is 0.212 e. The van der Waals surface area contributed by atoms with E-state index >= 15 is 0 Å². The number of hydrogen-bond donors (Lipinski definition) is 0. The zero-order valence-corrected chi connectivity index (χ0v) is 5.62. The molecule has 0 bridgehead atoms. The van der Waals surface area contributed by atoms with Gasteiger partial charge in [-0.2, -0.15) is 0 Å². The van der Waals surface area contributed by atoms with Gasteiger partial charge in [-0.15, -0.1) is 0 Å². The first-order valence-corrected chi connectivity index (χ1v) is 3.61. The molecule has 8 heavy (non-hydrogen) atoms. The predicted molar refractivity (Wildman–Crippen MR) is 35.8 cm³/mol. The molecule has 2 heteroatoms. The lowest BCUT2D eigenvalue weighted by Gasteiger charge is -2.04. The summed E-state index contributed by atoms with van der Waals surface area (Å²) in [4.78, 5) is 10.6. The number of allylic oxidation sites excluding steroid dienone is 1. The van der Waals surface area contributed by atoms with Crippen LogP contribution in [0.2, 0.25) is 0 Å². The van der Waals surface area contributed by atoms with Gasteiger partial charge in [0.2, 0.25) is 5.12 Å². The fourth-order valence-electron chi connectivity index (χ4n) is 0.628. The van der Waals surface area contributed by atoms with Gasteiger partial charge in [-0.05, 0) is 19.4 Å². The number of hydrogen-bond acceptors (Lipinski definition) is 2. The first-order chi connectivity index (χ1) is 3.79. The maximum absolute atomic E-state index is 10.6. The monoisotopic (exact) mass is 128 g/mol. The third-order valence-electron chi connectivity index (χ3n) is 1.10. The average Bonchev–Trinajstić information content (AvgIpc) is 1.64. The second-order valence-corrected chi connectivity index (χ2v) is 3.01. The average molecular weight is 128 g/mol. The lowest BCUT2D eigenvalue weighted by Crippen LogP contribution is -1.97. The van der Waals surface area contributed by atoms with Crippen molar-refractivity contribution in [2.75, 3.05) is 5.75 Å². The Labute approximate surface area is 53.2 Å². The highest BCUT2D eigenvalue weighted by Crippen LogP contribution is 2.16. The van der Waals surface area contributed by atoms with Gasteiger partial charge in [-0.1, -0.05) is 17.3 Å². The molecule has 0 saturated heterocycles. The van der Waals surface area contributed by atoms with E-state index in [0.29, 0.717) is 0 Å². The standard InChI is InChI=1S/C6H8OS/c1-5-2-3-8-6(7)4-5/h4H,2-3H2,1H3. The number of carbonyl (C=O) groups is 1. The Kier molecular flexibility index (Phi) is 1.73. The van der Waals surface area contributed by atoms with Gasteiger partial charge >= 0.3 is 0 Å². The van der Waals surface area contributed by atoms with Crippen LogP contribution in [-0.2, 0) is 4.79 Å². The molecule has 0 aromatic carbocycles. The molecule has 0 aromatic heterocycles. The van der Waals surface area contributed by atoms with E-state index in [9.17, 15) is 4.79 Å². The Morgan fingerprint density at radius 3 is 2.88 bits per heavy atom. The molecule has 0 amide bonds. The van der Waals surface area contributed by atoms with Crippen molar-refractivity contribution in [1.82, 2.24) is 0 Å². The summed E-state index contributed by atoms with van der Waals surface area (Å²) in [5.41, 5.74) is 1.22. The van der Waals surface area contributed by atoms with Crippen LogP contribution in [0.15, 0.2) is 11.6 Å². The topological polar surface area (TPSA) is 17.1 Å². The van der Waals surface area contributed by atoms with E-state index in [1.807, 2.05) is 6.92 Å². The van der Waals surface area contributed by atoms with Crippen molar-refractivity contribution in [1.29, 1.82) is 0 Å². The van der Waals surface area contributed by atoms with E-state index in [1.165, 1.54) is 17.3 Å².